The average Bonchev–Trinajstić information content (AvgIpc) is 2.82. The Hall–Kier alpha value is -3.67. The maximum absolute atomic E-state index is 13.6. The zero-order valence-electron chi connectivity index (χ0n) is 20.6. The van der Waals surface area contributed by atoms with Crippen LogP contribution in [0.3, 0.4) is 0 Å². The lowest BCUT2D eigenvalue weighted by Crippen LogP contribution is -2.36. The third-order valence-electron chi connectivity index (χ3n) is 6.34. The molecule has 2 atom stereocenters. The van der Waals surface area contributed by atoms with E-state index in [0.29, 0.717) is 42.0 Å². The van der Waals surface area contributed by atoms with Crippen molar-refractivity contribution in [1.29, 1.82) is 0 Å². The van der Waals surface area contributed by atoms with E-state index in [1.165, 1.54) is 6.92 Å². The van der Waals surface area contributed by atoms with Crippen molar-refractivity contribution >= 4 is 17.7 Å². The van der Waals surface area contributed by atoms with E-state index in [1.807, 2.05) is 39.0 Å². The van der Waals surface area contributed by atoms with Crippen molar-refractivity contribution in [3.63, 3.8) is 0 Å². The van der Waals surface area contributed by atoms with Gasteiger partial charge in [-0.3, -0.25) is 9.59 Å². The van der Waals surface area contributed by atoms with E-state index in [9.17, 15) is 14.4 Å². The number of benzene rings is 2. The Morgan fingerprint density at radius 2 is 1.69 bits per heavy atom. The molecule has 1 aliphatic heterocycles. The largest absolute Gasteiger partial charge is 0.462 e. The first-order valence-corrected chi connectivity index (χ1v) is 12.0. The number of dihydropyridines is 1. The number of esters is 2. The van der Waals surface area contributed by atoms with Crippen molar-refractivity contribution < 1.29 is 23.9 Å². The van der Waals surface area contributed by atoms with E-state index in [-0.39, 0.29) is 17.6 Å². The van der Waals surface area contributed by atoms with Crippen LogP contribution in [-0.2, 0) is 19.1 Å². The molecule has 0 radical (unpaired) electrons. The summed E-state index contributed by atoms with van der Waals surface area (Å²) in [6.45, 7) is 7.45. The number of hydrogen-bond donors (Lipinski definition) is 1. The highest BCUT2D eigenvalue weighted by atomic mass is 16.5. The minimum absolute atomic E-state index is 0.0170. The summed E-state index contributed by atoms with van der Waals surface area (Å²) in [6, 6.07) is 17.0. The smallest absolute Gasteiger partial charge is 0.336 e. The molecule has 2 aromatic rings. The van der Waals surface area contributed by atoms with Crippen molar-refractivity contribution in [2.45, 2.75) is 52.4 Å². The van der Waals surface area contributed by atoms with Gasteiger partial charge < -0.3 is 14.8 Å². The number of carbonyl (C=O) groups excluding carboxylic acids is 3. The number of hydrogen-bond acceptors (Lipinski definition) is 6. The van der Waals surface area contributed by atoms with Crippen molar-refractivity contribution in [3.8, 4) is 5.75 Å². The summed E-state index contributed by atoms with van der Waals surface area (Å²) < 4.78 is 10.8. The van der Waals surface area contributed by atoms with Gasteiger partial charge in [0.15, 0.2) is 5.78 Å². The highest BCUT2D eigenvalue weighted by Crippen LogP contribution is 2.45. The fourth-order valence-electron chi connectivity index (χ4n) is 4.82. The monoisotopic (exact) mass is 473 g/mol. The molecule has 0 spiro atoms. The number of rotatable bonds is 6. The van der Waals surface area contributed by atoms with Crippen molar-refractivity contribution in [3.05, 3.63) is 88.3 Å². The molecule has 1 aliphatic carbocycles. The number of Topliss-reactive ketones (excluding diaryl/α,β-unsaturated/α-hetero) is 1. The Bertz CT molecular complexity index is 1190. The number of ether oxygens (including phenoxy) is 2. The van der Waals surface area contributed by atoms with Crippen LogP contribution in [0.5, 0.6) is 5.75 Å². The van der Waals surface area contributed by atoms with Crippen LogP contribution in [0, 0.1) is 5.92 Å². The van der Waals surface area contributed by atoms with E-state index < -0.39 is 17.9 Å². The van der Waals surface area contributed by atoms with Crippen LogP contribution < -0.4 is 10.1 Å². The van der Waals surface area contributed by atoms with Crippen LogP contribution >= 0.6 is 0 Å². The molecule has 1 N–H and O–H groups in total. The van der Waals surface area contributed by atoms with Gasteiger partial charge in [0.2, 0.25) is 0 Å². The second kappa shape index (κ2) is 10.3. The molecule has 35 heavy (non-hydrogen) atoms. The molecule has 1 heterocycles. The fraction of sp³-hybridized carbons (Fsp3) is 0.345. The quantitative estimate of drug-likeness (QED) is 0.460. The molecule has 0 fully saturated rings. The van der Waals surface area contributed by atoms with Gasteiger partial charge in [-0.15, -0.1) is 0 Å². The van der Waals surface area contributed by atoms with Crippen LogP contribution in [0.4, 0.5) is 0 Å². The molecule has 4 rings (SSSR count). The van der Waals surface area contributed by atoms with Crippen LogP contribution in [0.25, 0.3) is 0 Å². The van der Waals surface area contributed by atoms with Crippen molar-refractivity contribution in [1.82, 2.24) is 5.32 Å². The van der Waals surface area contributed by atoms with Crippen LogP contribution in [-0.4, -0.2) is 24.3 Å². The van der Waals surface area contributed by atoms with Crippen LogP contribution in [0.1, 0.15) is 63.5 Å². The Labute approximate surface area is 206 Å². The Morgan fingerprint density at radius 1 is 1.00 bits per heavy atom. The first kappa shape index (κ1) is 24.5. The standard InChI is InChI=1S/C29H31NO5/c1-17(2)16-34-29(33)26-18(3)30-24-14-22(20-8-6-5-7-9-20)15-25(32)28(24)27(26)21-10-12-23(13-11-21)35-19(4)31/h5-13,17,22,27,30H,14-16H2,1-4H3. The maximum atomic E-state index is 13.6. The molecule has 182 valence electrons. The predicted molar refractivity (Wildman–Crippen MR) is 133 cm³/mol. The summed E-state index contributed by atoms with van der Waals surface area (Å²) in [5.74, 6) is -0.701. The zero-order chi connectivity index (χ0) is 25.1. The molecule has 2 unspecified atom stereocenters. The molecule has 6 nitrogen and oxygen atoms in total. The van der Waals surface area contributed by atoms with E-state index in [1.54, 1.807) is 24.3 Å². The molecule has 0 bridgehead atoms. The van der Waals surface area contributed by atoms with Gasteiger partial charge in [-0.25, -0.2) is 4.79 Å². The summed E-state index contributed by atoms with van der Waals surface area (Å²) in [4.78, 5) is 38.2. The Kier molecular flexibility index (Phi) is 7.20. The molecule has 0 saturated carbocycles. The van der Waals surface area contributed by atoms with E-state index in [4.69, 9.17) is 9.47 Å². The first-order chi connectivity index (χ1) is 16.7. The summed E-state index contributed by atoms with van der Waals surface area (Å²) >= 11 is 0. The third-order valence-corrected chi connectivity index (χ3v) is 6.34. The molecule has 0 saturated heterocycles. The summed E-state index contributed by atoms with van der Waals surface area (Å²) in [7, 11) is 0. The highest BCUT2D eigenvalue weighted by molar-refractivity contribution is 6.04. The molecular formula is C29H31NO5. The topological polar surface area (TPSA) is 81.7 Å². The molecular weight excluding hydrogens is 442 g/mol. The van der Waals surface area contributed by atoms with Gasteiger partial charge in [0.25, 0.3) is 0 Å². The third kappa shape index (κ3) is 5.37. The highest BCUT2D eigenvalue weighted by Gasteiger charge is 2.41. The number of nitrogens with one attached hydrogen (secondary N) is 1. The van der Waals surface area contributed by atoms with Crippen LogP contribution in [0.15, 0.2) is 77.1 Å². The second-order valence-electron chi connectivity index (χ2n) is 9.58. The zero-order valence-corrected chi connectivity index (χ0v) is 20.6. The first-order valence-electron chi connectivity index (χ1n) is 12.0. The second-order valence-corrected chi connectivity index (χ2v) is 9.58. The average molecular weight is 474 g/mol. The Balaban J connectivity index is 1.75. The summed E-state index contributed by atoms with van der Waals surface area (Å²) in [6.07, 6.45) is 1.05. The molecule has 0 aromatic heterocycles. The normalized spacial score (nSPS) is 19.9. The van der Waals surface area contributed by atoms with Crippen molar-refractivity contribution in [2.75, 3.05) is 6.61 Å². The molecule has 6 heteroatoms. The fourth-order valence-corrected chi connectivity index (χ4v) is 4.82. The maximum Gasteiger partial charge on any atom is 0.336 e. The van der Waals surface area contributed by atoms with Gasteiger partial charge in [0.05, 0.1) is 12.2 Å². The van der Waals surface area contributed by atoms with Crippen LogP contribution in [0.2, 0.25) is 0 Å². The van der Waals surface area contributed by atoms with Gasteiger partial charge in [-0.05, 0) is 48.4 Å². The van der Waals surface area contributed by atoms with Gasteiger partial charge in [0.1, 0.15) is 5.75 Å². The van der Waals surface area contributed by atoms with E-state index in [2.05, 4.69) is 17.4 Å². The molecule has 0 amide bonds. The lowest BCUT2D eigenvalue weighted by Gasteiger charge is -2.36. The van der Waals surface area contributed by atoms with E-state index >= 15 is 0 Å². The minimum Gasteiger partial charge on any atom is -0.462 e. The van der Waals surface area contributed by atoms with Gasteiger partial charge in [-0.2, -0.15) is 0 Å². The van der Waals surface area contributed by atoms with Gasteiger partial charge >= 0.3 is 11.9 Å². The van der Waals surface area contributed by atoms with E-state index in [0.717, 1.165) is 16.8 Å². The lowest BCUT2D eigenvalue weighted by atomic mass is 9.71. The Morgan fingerprint density at radius 3 is 2.31 bits per heavy atom. The predicted octanol–water partition coefficient (Wildman–Crippen LogP) is 5.17. The van der Waals surface area contributed by atoms with Gasteiger partial charge in [0, 0.05) is 36.2 Å². The molecule has 2 aromatic carbocycles. The lowest BCUT2D eigenvalue weighted by molar-refractivity contribution is -0.140. The summed E-state index contributed by atoms with van der Waals surface area (Å²) in [5.41, 5.74) is 4.49. The number of carbonyl (C=O) groups is 3. The number of allylic oxidation sites excluding steroid dienone is 3. The molecule has 2 aliphatic rings. The summed E-state index contributed by atoms with van der Waals surface area (Å²) in [5, 5.41) is 3.37. The van der Waals surface area contributed by atoms with Gasteiger partial charge in [-0.1, -0.05) is 56.3 Å². The number of ketones is 1. The minimum atomic E-state index is -0.554. The SMILES string of the molecule is CC(=O)Oc1ccc(C2C(C(=O)OCC(C)C)=C(C)NC3=C2C(=O)CC(c2ccccc2)C3)cc1. The van der Waals surface area contributed by atoms with Crippen molar-refractivity contribution in [2.24, 2.45) is 5.92 Å².